The van der Waals surface area contributed by atoms with Crippen molar-refractivity contribution in [3.8, 4) is 5.75 Å². The van der Waals surface area contributed by atoms with Gasteiger partial charge in [0.2, 0.25) is 11.8 Å². The summed E-state index contributed by atoms with van der Waals surface area (Å²) in [7, 11) is 0. The Labute approximate surface area is 171 Å². The Kier molecular flexibility index (Phi) is 6.11. The number of furan rings is 1. The molecule has 0 aliphatic carbocycles. The SMILES string of the molecule is CC(C)CCN1C(=O)C(C)(C)COc2ccc(NC(=O)/C=C/c3ccco3)cc21. The fourth-order valence-corrected chi connectivity index (χ4v) is 3.06. The number of carbonyl (C=O) groups is 2. The van der Waals surface area contributed by atoms with Gasteiger partial charge in [-0.3, -0.25) is 9.59 Å². The molecular formula is C23H28N2O4. The van der Waals surface area contributed by atoms with Crippen LogP contribution in [0.15, 0.2) is 47.1 Å². The van der Waals surface area contributed by atoms with Gasteiger partial charge in [-0.05, 0) is 62.6 Å². The monoisotopic (exact) mass is 396 g/mol. The number of carbonyl (C=O) groups excluding carboxylic acids is 2. The van der Waals surface area contributed by atoms with Crippen molar-refractivity contribution in [2.75, 3.05) is 23.4 Å². The number of hydrogen-bond donors (Lipinski definition) is 1. The maximum atomic E-state index is 13.1. The first-order chi connectivity index (χ1) is 13.8. The Balaban J connectivity index is 1.84. The fourth-order valence-electron chi connectivity index (χ4n) is 3.06. The molecule has 1 aliphatic rings. The van der Waals surface area contributed by atoms with Gasteiger partial charge in [0.25, 0.3) is 0 Å². The van der Waals surface area contributed by atoms with Crippen molar-refractivity contribution < 1.29 is 18.7 Å². The van der Waals surface area contributed by atoms with Crippen LogP contribution in [0.25, 0.3) is 6.08 Å². The Morgan fingerprint density at radius 2 is 2.10 bits per heavy atom. The molecule has 154 valence electrons. The standard InChI is InChI=1S/C23H28N2O4/c1-16(2)11-12-25-19-14-17(24-21(26)10-8-18-6-5-13-28-18)7-9-20(19)29-15-23(3,4)22(25)27/h5-10,13-14,16H,11-12,15H2,1-4H3,(H,24,26)/b10-8+. The van der Waals surface area contributed by atoms with Crippen LogP contribution in [0.5, 0.6) is 5.75 Å². The van der Waals surface area contributed by atoms with Crippen LogP contribution >= 0.6 is 0 Å². The second-order valence-corrected chi connectivity index (χ2v) is 8.33. The van der Waals surface area contributed by atoms with Crippen LogP contribution in [-0.4, -0.2) is 25.0 Å². The Morgan fingerprint density at radius 3 is 2.79 bits per heavy atom. The van der Waals surface area contributed by atoms with Crippen molar-refractivity contribution >= 4 is 29.3 Å². The Morgan fingerprint density at radius 1 is 1.31 bits per heavy atom. The van der Waals surface area contributed by atoms with E-state index < -0.39 is 5.41 Å². The molecule has 2 aromatic rings. The highest BCUT2D eigenvalue weighted by Crippen LogP contribution is 2.38. The molecule has 6 nitrogen and oxygen atoms in total. The van der Waals surface area contributed by atoms with Gasteiger partial charge in [0.15, 0.2) is 0 Å². The van der Waals surface area contributed by atoms with E-state index in [0.717, 1.165) is 6.42 Å². The topological polar surface area (TPSA) is 71.8 Å². The number of benzene rings is 1. The van der Waals surface area contributed by atoms with Crippen LogP contribution < -0.4 is 15.0 Å². The Bertz CT molecular complexity index is 898. The number of anilines is 2. The molecule has 0 bridgehead atoms. The van der Waals surface area contributed by atoms with Crippen LogP contribution in [0.4, 0.5) is 11.4 Å². The molecule has 2 amide bonds. The molecule has 0 spiro atoms. The van der Waals surface area contributed by atoms with Crippen molar-refractivity contribution in [3.05, 3.63) is 48.4 Å². The quantitative estimate of drug-likeness (QED) is 0.717. The lowest BCUT2D eigenvalue weighted by Gasteiger charge is -2.28. The van der Waals surface area contributed by atoms with E-state index in [1.54, 1.807) is 47.6 Å². The van der Waals surface area contributed by atoms with Gasteiger partial charge in [-0.25, -0.2) is 0 Å². The van der Waals surface area contributed by atoms with Crippen LogP contribution in [-0.2, 0) is 9.59 Å². The second kappa shape index (κ2) is 8.55. The largest absolute Gasteiger partial charge is 0.490 e. The van der Waals surface area contributed by atoms with E-state index in [9.17, 15) is 9.59 Å². The van der Waals surface area contributed by atoms with Gasteiger partial charge >= 0.3 is 0 Å². The summed E-state index contributed by atoms with van der Waals surface area (Å²) in [5, 5.41) is 2.83. The lowest BCUT2D eigenvalue weighted by Crippen LogP contribution is -2.42. The fraction of sp³-hybridized carbons (Fsp3) is 0.391. The van der Waals surface area contributed by atoms with Crippen molar-refractivity contribution in [1.29, 1.82) is 0 Å². The summed E-state index contributed by atoms with van der Waals surface area (Å²) < 4.78 is 11.1. The first-order valence-electron chi connectivity index (χ1n) is 9.87. The van der Waals surface area contributed by atoms with E-state index in [0.29, 0.717) is 42.0 Å². The van der Waals surface area contributed by atoms with Crippen LogP contribution in [0, 0.1) is 11.3 Å². The van der Waals surface area contributed by atoms with E-state index >= 15 is 0 Å². The van der Waals surface area contributed by atoms with Crippen LogP contribution in [0.1, 0.15) is 39.9 Å². The first-order valence-corrected chi connectivity index (χ1v) is 9.87. The molecule has 1 aliphatic heterocycles. The zero-order valence-corrected chi connectivity index (χ0v) is 17.4. The molecule has 0 saturated heterocycles. The molecular weight excluding hydrogens is 368 g/mol. The highest BCUT2D eigenvalue weighted by molar-refractivity contribution is 6.03. The summed E-state index contributed by atoms with van der Waals surface area (Å²) in [4.78, 5) is 27.2. The second-order valence-electron chi connectivity index (χ2n) is 8.33. The minimum absolute atomic E-state index is 0.0260. The Hall–Kier alpha value is -3.02. The van der Waals surface area contributed by atoms with Crippen LogP contribution in [0.3, 0.4) is 0 Å². The van der Waals surface area contributed by atoms with Gasteiger partial charge in [-0.15, -0.1) is 0 Å². The first kappa shape index (κ1) is 20.7. The summed E-state index contributed by atoms with van der Waals surface area (Å²) in [5.41, 5.74) is 0.670. The summed E-state index contributed by atoms with van der Waals surface area (Å²) >= 11 is 0. The number of rotatable bonds is 6. The molecule has 0 radical (unpaired) electrons. The summed E-state index contributed by atoms with van der Waals surface area (Å²) in [6, 6.07) is 8.91. The average molecular weight is 396 g/mol. The van der Waals surface area contributed by atoms with Crippen molar-refractivity contribution in [2.45, 2.75) is 34.1 Å². The molecule has 0 atom stereocenters. The molecule has 0 fully saturated rings. The third-order valence-electron chi connectivity index (χ3n) is 4.80. The molecule has 0 unspecified atom stereocenters. The van der Waals surface area contributed by atoms with E-state index in [4.69, 9.17) is 9.15 Å². The third kappa shape index (κ3) is 5.08. The average Bonchev–Trinajstić information content (AvgIpc) is 3.16. The number of ether oxygens (including phenoxy) is 1. The van der Waals surface area contributed by atoms with E-state index in [2.05, 4.69) is 19.2 Å². The summed E-state index contributed by atoms with van der Waals surface area (Å²) in [5.74, 6) is 1.46. The summed E-state index contributed by atoms with van der Waals surface area (Å²) in [6.45, 7) is 8.97. The third-order valence-corrected chi connectivity index (χ3v) is 4.80. The van der Waals surface area contributed by atoms with E-state index in [1.807, 2.05) is 13.8 Å². The van der Waals surface area contributed by atoms with Gasteiger partial charge in [-0.2, -0.15) is 0 Å². The van der Waals surface area contributed by atoms with Crippen molar-refractivity contribution in [3.63, 3.8) is 0 Å². The number of amides is 2. The highest BCUT2D eigenvalue weighted by atomic mass is 16.5. The number of nitrogens with zero attached hydrogens (tertiary/aromatic N) is 1. The van der Waals surface area contributed by atoms with Gasteiger partial charge < -0.3 is 19.4 Å². The van der Waals surface area contributed by atoms with Gasteiger partial charge in [0, 0.05) is 18.3 Å². The molecule has 6 heteroatoms. The maximum Gasteiger partial charge on any atom is 0.248 e. The van der Waals surface area contributed by atoms with Crippen molar-refractivity contribution in [2.24, 2.45) is 11.3 Å². The number of fused-ring (bicyclic) bond motifs is 1. The molecule has 3 rings (SSSR count). The van der Waals surface area contributed by atoms with Crippen molar-refractivity contribution in [1.82, 2.24) is 0 Å². The van der Waals surface area contributed by atoms with E-state index in [-0.39, 0.29) is 11.8 Å². The molecule has 1 aromatic heterocycles. The highest BCUT2D eigenvalue weighted by Gasteiger charge is 2.37. The molecule has 2 heterocycles. The normalized spacial score (nSPS) is 15.9. The smallest absolute Gasteiger partial charge is 0.248 e. The van der Waals surface area contributed by atoms with Gasteiger partial charge in [-0.1, -0.05) is 13.8 Å². The molecule has 29 heavy (non-hydrogen) atoms. The lowest BCUT2D eigenvalue weighted by molar-refractivity contribution is -0.127. The summed E-state index contributed by atoms with van der Waals surface area (Å²) in [6.07, 6.45) is 5.44. The van der Waals surface area contributed by atoms with E-state index in [1.165, 1.54) is 6.08 Å². The lowest BCUT2D eigenvalue weighted by atomic mass is 9.92. The predicted molar refractivity (Wildman–Crippen MR) is 114 cm³/mol. The zero-order valence-electron chi connectivity index (χ0n) is 17.4. The number of nitrogens with one attached hydrogen (secondary N) is 1. The molecule has 0 saturated carbocycles. The van der Waals surface area contributed by atoms with Crippen LogP contribution in [0.2, 0.25) is 0 Å². The molecule has 1 N–H and O–H groups in total. The van der Waals surface area contributed by atoms with Gasteiger partial charge in [0.05, 0.1) is 17.4 Å². The number of hydrogen-bond acceptors (Lipinski definition) is 4. The van der Waals surface area contributed by atoms with Gasteiger partial charge in [0.1, 0.15) is 18.1 Å². The maximum absolute atomic E-state index is 13.1. The minimum Gasteiger partial charge on any atom is -0.490 e. The molecule has 1 aromatic carbocycles. The predicted octanol–water partition coefficient (Wildman–Crippen LogP) is 4.73. The zero-order chi connectivity index (χ0) is 21.0. The minimum atomic E-state index is -0.620.